The molecule has 4 rings (SSSR count). The smallest absolute Gasteiger partial charge is 0.160 e. The lowest BCUT2D eigenvalue weighted by Gasteiger charge is -2.18. The van der Waals surface area contributed by atoms with Gasteiger partial charge in [-0.25, -0.2) is 9.67 Å². The summed E-state index contributed by atoms with van der Waals surface area (Å²) in [5.74, 6) is 0.752. The van der Waals surface area contributed by atoms with Gasteiger partial charge in [0.15, 0.2) is 10.8 Å². The number of benzene rings is 1. The van der Waals surface area contributed by atoms with Crippen molar-refractivity contribution >= 4 is 45.6 Å². The molecule has 5 nitrogen and oxygen atoms in total. The van der Waals surface area contributed by atoms with Crippen LogP contribution >= 0.6 is 23.2 Å². The first-order valence-electron chi connectivity index (χ1n) is 9.10. The molecule has 7 heteroatoms. The number of carbonyl (C=O) groups excluding carboxylic acids is 1. The van der Waals surface area contributed by atoms with Gasteiger partial charge in [-0.05, 0) is 62.1 Å². The van der Waals surface area contributed by atoms with Gasteiger partial charge in [-0.3, -0.25) is 4.79 Å². The molecule has 1 aliphatic carbocycles. The largest absolute Gasteiger partial charge is 0.489 e. The highest BCUT2D eigenvalue weighted by Crippen LogP contribution is 2.35. The van der Waals surface area contributed by atoms with E-state index in [9.17, 15) is 4.79 Å². The van der Waals surface area contributed by atoms with E-state index in [4.69, 9.17) is 27.9 Å². The first kappa shape index (κ1) is 19.0. The number of nitrogens with zero attached hydrogens (tertiary/aromatic N) is 3. The average Bonchev–Trinajstić information content (AvgIpc) is 3.03. The van der Waals surface area contributed by atoms with Gasteiger partial charge >= 0.3 is 0 Å². The maximum Gasteiger partial charge on any atom is 0.160 e. The number of ether oxygens (including phenoxy) is 1. The molecule has 0 unspecified atom stereocenters. The molecule has 0 amide bonds. The molecule has 3 aromatic rings. The van der Waals surface area contributed by atoms with Gasteiger partial charge in [0.2, 0.25) is 0 Å². The molecule has 0 saturated heterocycles. The topological polar surface area (TPSA) is 57.0 Å². The molecule has 0 atom stereocenters. The molecule has 1 aliphatic rings. The number of hydrogen-bond acceptors (Lipinski definition) is 4. The monoisotopic (exact) mass is 415 g/mol. The second-order valence-corrected chi connectivity index (χ2v) is 7.84. The fourth-order valence-corrected chi connectivity index (χ4v) is 3.92. The van der Waals surface area contributed by atoms with E-state index in [0.717, 1.165) is 46.2 Å². The quantitative estimate of drug-likeness (QED) is 0.527. The number of allylic oxidation sites excluding steroid dienone is 1. The summed E-state index contributed by atoms with van der Waals surface area (Å²) < 4.78 is 7.77. The van der Waals surface area contributed by atoms with Gasteiger partial charge in [0, 0.05) is 23.4 Å². The molecule has 2 heterocycles. The van der Waals surface area contributed by atoms with Crippen LogP contribution in [0, 0.1) is 0 Å². The zero-order valence-electron chi connectivity index (χ0n) is 15.6. The summed E-state index contributed by atoms with van der Waals surface area (Å²) in [6, 6.07) is 7.89. The third kappa shape index (κ3) is 3.40. The summed E-state index contributed by atoms with van der Waals surface area (Å²) in [5.41, 5.74) is 4.32. The number of pyridine rings is 1. The van der Waals surface area contributed by atoms with Crippen LogP contribution in [0.25, 0.3) is 16.1 Å². The summed E-state index contributed by atoms with van der Waals surface area (Å²) in [6.07, 6.45) is 4.05. The number of aldehydes is 1. The maximum absolute atomic E-state index is 11.1. The van der Waals surface area contributed by atoms with Crippen molar-refractivity contribution in [3.63, 3.8) is 0 Å². The fourth-order valence-electron chi connectivity index (χ4n) is 3.38. The van der Waals surface area contributed by atoms with Crippen molar-refractivity contribution in [3.8, 4) is 5.75 Å². The van der Waals surface area contributed by atoms with Crippen LogP contribution in [-0.2, 0) is 17.8 Å². The van der Waals surface area contributed by atoms with Crippen molar-refractivity contribution in [1.82, 2.24) is 14.8 Å². The second-order valence-electron chi connectivity index (χ2n) is 7.11. The Morgan fingerprint density at radius 1 is 1.25 bits per heavy atom. The third-order valence-electron chi connectivity index (χ3n) is 4.85. The summed E-state index contributed by atoms with van der Waals surface area (Å²) >= 11 is 12.6. The zero-order valence-corrected chi connectivity index (χ0v) is 17.1. The molecule has 0 bridgehead atoms. The molecular formula is C21H19Cl2N3O2. The highest BCUT2D eigenvalue weighted by molar-refractivity contribution is 6.50. The van der Waals surface area contributed by atoms with Gasteiger partial charge < -0.3 is 4.74 Å². The van der Waals surface area contributed by atoms with Gasteiger partial charge in [0.05, 0.1) is 10.4 Å². The van der Waals surface area contributed by atoms with Gasteiger partial charge in [-0.2, -0.15) is 5.10 Å². The van der Waals surface area contributed by atoms with Crippen LogP contribution < -0.4 is 4.74 Å². The summed E-state index contributed by atoms with van der Waals surface area (Å²) in [4.78, 5) is 15.6. The molecule has 0 aliphatic heterocycles. The standard InChI is InChI=1S/C21H19Cl2N3O2/c1-12(2)26-21-18(20(23)25-26)7-13(9-24-21)11-28-16-5-6-17-14(8-16)3-4-15(10-27)19(17)22/h5-10,12H,3-4,11H2,1-2H3. The molecule has 0 radical (unpaired) electrons. The Morgan fingerprint density at radius 3 is 2.82 bits per heavy atom. The molecular weight excluding hydrogens is 397 g/mol. The average molecular weight is 416 g/mol. The molecule has 0 fully saturated rings. The lowest BCUT2D eigenvalue weighted by Crippen LogP contribution is -2.05. The van der Waals surface area contributed by atoms with E-state index in [1.807, 2.05) is 42.8 Å². The Bertz CT molecular complexity index is 1100. The predicted molar refractivity (Wildman–Crippen MR) is 111 cm³/mol. The highest BCUT2D eigenvalue weighted by atomic mass is 35.5. The van der Waals surface area contributed by atoms with Crippen LogP contribution in [0.1, 0.15) is 43.0 Å². The van der Waals surface area contributed by atoms with E-state index in [2.05, 4.69) is 10.1 Å². The Hall–Kier alpha value is -2.37. The third-order valence-corrected chi connectivity index (χ3v) is 5.58. The van der Waals surface area contributed by atoms with E-state index in [1.165, 1.54) is 0 Å². The van der Waals surface area contributed by atoms with Crippen molar-refractivity contribution in [2.24, 2.45) is 0 Å². The van der Waals surface area contributed by atoms with Gasteiger partial charge in [0.1, 0.15) is 18.6 Å². The van der Waals surface area contributed by atoms with E-state index in [1.54, 1.807) is 6.20 Å². The van der Waals surface area contributed by atoms with Crippen molar-refractivity contribution < 1.29 is 9.53 Å². The second kappa shape index (κ2) is 7.57. The Balaban J connectivity index is 1.55. The van der Waals surface area contributed by atoms with Crippen LogP contribution in [0.15, 0.2) is 36.0 Å². The lowest BCUT2D eigenvalue weighted by atomic mass is 9.92. The number of rotatable bonds is 5. The minimum absolute atomic E-state index is 0.181. The van der Waals surface area contributed by atoms with E-state index >= 15 is 0 Å². The van der Waals surface area contributed by atoms with Crippen LogP contribution in [-0.4, -0.2) is 21.1 Å². The van der Waals surface area contributed by atoms with Crippen LogP contribution in [0.3, 0.4) is 0 Å². The van der Waals surface area contributed by atoms with Crippen LogP contribution in [0.4, 0.5) is 0 Å². The maximum atomic E-state index is 11.1. The number of hydrogen-bond donors (Lipinski definition) is 0. The molecule has 0 spiro atoms. The predicted octanol–water partition coefficient (Wildman–Crippen LogP) is 5.34. The van der Waals surface area contributed by atoms with Crippen LogP contribution in [0.5, 0.6) is 5.75 Å². The number of aryl methyl sites for hydroxylation is 1. The number of fused-ring (bicyclic) bond motifs is 2. The highest BCUT2D eigenvalue weighted by Gasteiger charge is 2.18. The van der Waals surface area contributed by atoms with Gasteiger partial charge in [-0.15, -0.1) is 0 Å². The summed E-state index contributed by atoms with van der Waals surface area (Å²) in [6.45, 7) is 4.45. The van der Waals surface area contributed by atoms with Gasteiger partial charge in [0.25, 0.3) is 0 Å². The van der Waals surface area contributed by atoms with Crippen molar-refractivity contribution in [2.45, 2.75) is 39.3 Å². The molecule has 1 aromatic carbocycles. The van der Waals surface area contributed by atoms with Crippen LogP contribution in [0.2, 0.25) is 5.15 Å². The molecule has 28 heavy (non-hydrogen) atoms. The summed E-state index contributed by atoms with van der Waals surface area (Å²) in [5, 5.41) is 6.15. The minimum atomic E-state index is 0.181. The summed E-state index contributed by atoms with van der Waals surface area (Å²) in [7, 11) is 0. The molecule has 144 valence electrons. The number of aromatic nitrogens is 3. The molecule has 0 saturated carbocycles. The molecule has 0 N–H and O–H groups in total. The first-order chi connectivity index (χ1) is 13.5. The number of halogens is 2. The lowest BCUT2D eigenvalue weighted by molar-refractivity contribution is -0.105. The molecule has 2 aromatic heterocycles. The number of carbonyl (C=O) groups is 1. The van der Waals surface area contributed by atoms with Crippen molar-refractivity contribution in [1.29, 1.82) is 0 Å². The van der Waals surface area contributed by atoms with Gasteiger partial charge in [-0.1, -0.05) is 23.2 Å². The van der Waals surface area contributed by atoms with Crippen molar-refractivity contribution in [3.05, 3.63) is 57.9 Å². The zero-order chi connectivity index (χ0) is 19.8. The Kier molecular flexibility index (Phi) is 5.13. The first-order valence-corrected chi connectivity index (χ1v) is 9.86. The normalized spacial score (nSPS) is 13.9. The van der Waals surface area contributed by atoms with E-state index in [0.29, 0.717) is 28.8 Å². The van der Waals surface area contributed by atoms with E-state index < -0.39 is 0 Å². The SMILES string of the molecule is CC(C)n1nc(Cl)c2cc(COc3ccc4c(c3)CCC(C=O)=C4Cl)cnc21. The van der Waals surface area contributed by atoms with E-state index in [-0.39, 0.29) is 6.04 Å². The Morgan fingerprint density at radius 2 is 2.07 bits per heavy atom. The fraction of sp³-hybridized carbons (Fsp3) is 0.286. The Labute approximate surface area is 172 Å². The van der Waals surface area contributed by atoms with Crippen molar-refractivity contribution in [2.75, 3.05) is 0 Å². The minimum Gasteiger partial charge on any atom is -0.489 e.